The molecule has 10 nitrogen and oxygen atoms in total. The monoisotopic (exact) mass is 593 g/mol. The van der Waals surface area contributed by atoms with Gasteiger partial charge in [-0.2, -0.15) is 0 Å². The number of fused-ring (bicyclic) bond motifs is 1. The number of benzene rings is 2. The molecule has 5 rings (SSSR count). The van der Waals surface area contributed by atoms with Gasteiger partial charge in [0, 0.05) is 54.5 Å². The fourth-order valence-electron chi connectivity index (χ4n) is 5.14. The van der Waals surface area contributed by atoms with Gasteiger partial charge >= 0.3 is 5.97 Å². The standard InChI is InChI=1S/C29H31N5O5S2/c1-5-39-28(36)25-18(2)30-29-33(26(25)19-6-9-22(40-4)10-7-19)27(35)24(41-29)17-20-16-21(34(37)38)8-11-23(20)32-14-12-31(3)13-15-32/h6-11,16-17,26H,5,12-15H2,1-4H3/b24-17+. The van der Waals surface area contributed by atoms with Crippen LogP contribution in [0, 0.1) is 10.1 Å². The molecule has 0 aliphatic carbocycles. The topological polar surface area (TPSA) is 110 Å². The second-order valence-electron chi connectivity index (χ2n) is 9.87. The zero-order valence-electron chi connectivity index (χ0n) is 23.3. The Kier molecular flexibility index (Phi) is 8.43. The molecule has 3 aromatic rings. The van der Waals surface area contributed by atoms with Crippen molar-refractivity contribution < 1.29 is 14.5 Å². The Morgan fingerprint density at radius 1 is 1.20 bits per heavy atom. The summed E-state index contributed by atoms with van der Waals surface area (Å²) in [6, 6.07) is 11.8. The molecule has 1 fully saturated rings. The van der Waals surface area contributed by atoms with Crippen molar-refractivity contribution in [2.45, 2.75) is 24.8 Å². The van der Waals surface area contributed by atoms with Gasteiger partial charge in [0.1, 0.15) is 0 Å². The van der Waals surface area contributed by atoms with E-state index in [4.69, 9.17) is 4.74 Å². The molecule has 1 aromatic heterocycles. The molecular formula is C29H31N5O5S2. The van der Waals surface area contributed by atoms with Gasteiger partial charge in [-0.15, -0.1) is 11.8 Å². The number of hydrogen-bond donors (Lipinski definition) is 0. The van der Waals surface area contributed by atoms with Crippen LogP contribution in [0.3, 0.4) is 0 Å². The summed E-state index contributed by atoms with van der Waals surface area (Å²) < 4.78 is 7.29. The third kappa shape index (κ3) is 5.72. The minimum Gasteiger partial charge on any atom is -0.463 e. The molecular weight excluding hydrogens is 562 g/mol. The molecule has 0 N–H and O–H groups in total. The zero-order valence-corrected chi connectivity index (χ0v) is 25.0. The smallest absolute Gasteiger partial charge is 0.338 e. The van der Waals surface area contributed by atoms with Crippen LogP contribution in [0.5, 0.6) is 0 Å². The molecule has 214 valence electrons. The number of nitro benzene ring substituents is 1. The van der Waals surface area contributed by atoms with Gasteiger partial charge in [-0.3, -0.25) is 19.5 Å². The molecule has 0 saturated carbocycles. The molecule has 2 aromatic carbocycles. The highest BCUT2D eigenvalue weighted by atomic mass is 32.2. The molecule has 2 aliphatic rings. The van der Waals surface area contributed by atoms with E-state index in [0.717, 1.165) is 42.3 Å². The second kappa shape index (κ2) is 12.0. The van der Waals surface area contributed by atoms with E-state index in [2.05, 4.69) is 21.8 Å². The Hall–Kier alpha value is -3.74. The number of ether oxygens (including phenoxy) is 1. The van der Waals surface area contributed by atoms with Gasteiger partial charge in [-0.05, 0) is 57.0 Å². The Morgan fingerprint density at radius 2 is 1.90 bits per heavy atom. The van der Waals surface area contributed by atoms with Crippen molar-refractivity contribution in [1.29, 1.82) is 0 Å². The number of anilines is 1. The van der Waals surface area contributed by atoms with Crippen molar-refractivity contribution in [3.8, 4) is 0 Å². The highest BCUT2D eigenvalue weighted by molar-refractivity contribution is 7.98. The molecule has 1 saturated heterocycles. The Balaban J connectivity index is 1.69. The van der Waals surface area contributed by atoms with Crippen molar-refractivity contribution in [3.63, 3.8) is 0 Å². The van der Waals surface area contributed by atoms with Crippen molar-refractivity contribution in [1.82, 2.24) is 9.47 Å². The summed E-state index contributed by atoms with van der Waals surface area (Å²) in [6.07, 6.45) is 3.69. The number of esters is 1. The summed E-state index contributed by atoms with van der Waals surface area (Å²) in [5, 5.41) is 11.6. The third-order valence-corrected chi connectivity index (χ3v) is 9.03. The summed E-state index contributed by atoms with van der Waals surface area (Å²) >= 11 is 2.81. The second-order valence-corrected chi connectivity index (χ2v) is 11.8. The lowest BCUT2D eigenvalue weighted by atomic mass is 9.96. The van der Waals surface area contributed by atoms with E-state index < -0.39 is 16.9 Å². The Morgan fingerprint density at radius 3 is 2.54 bits per heavy atom. The number of piperazine rings is 1. The summed E-state index contributed by atoms with van der Waals surface area (Å²) in [4.78, 5) is 49.0. The van der Waals surface area contributed by atoms with Crippen LogP contribution in [-0.4, -0.2) is 66.4 Å². The number of thiazole rings is 1. The lowest BCUT2D eigenvalue weighted by molar-refractivity contribution is -0.384. The summed E-state index contributed by atoms with van der Waals surface area (Å²) in [7, 11) is 2.06. The van der Waals surface area contributed by atoms with Gasteiger partial charge in [-0.25, -0.2) is 9.79 Å². The van der Waals surface area contributed by atoms with Crippen LogP contribution in [0.4, 0.5) is 11.4 Å². The first-order valence-corrected chi connectivity index (χ1v) is 15.3. The van der Waals surface area contributed by atoms with Crippen LogP contribution < -0.4 is 19.8 Å². The third-order valence-electron chi connectivity index (χ3n) is 7.30. The number of carbonyl (C=O) groups excluding carboxylic acids is 1. The average molecular weight is 594 g/mol. The largest absolute Gasteiger partial charge is 0.463 e. The summed E-state index contributed by atoms with van der Waals surface area (Å²) in [5.41, 5.74) is 2.63. The van der Waals surface area contributed by atoms with E-state index in [0.29, 0.717) is 26.2 Å². The molecule has 0 bridgehead atoms. The quantitative estimate of drug-likeness (QED) is 0.178. The Bertz CT molecular complexity index is 1700. The lowest BCUT2D eigenvalue weighted by Gasteiger charge is -2.34. The minimum atomic E-state index is -0.717. The number of carbonyl (C=O) groups is 1. The predicted octanol–water partition coefficient (Wildman–Crippen LogP) is 3.18. The normalized spacial score (nSPS) is 17.8. The SMILES string of the molecule is CCOC(=O)C1=C(C)N=c2s/c(=C/c3cc([N+](=O)[O-])ccc3N3CCN(C)CC3)c(=O)n2C1c1ccc(SC)cc1. The number of non-ortho nitro benzene ring substituents is 1. The van der Waals surface area contributed by atoms with Gasteiger partial charge in [0.25, 0.3) is 11.2 Å². The summed E-state index contributed by atoms with van der Waals surface area (Å²) in [6.45, 7) is 6.95. The van der Waals surface area contributed by atoms with E-state index in [1.165, 1.54) is 28.0 Å². The van der Waals surface area contributed by atoms with Crippen LogP contribution in [-0.2, 0) is 9.53 Å². The fourth-order valence-corrected chi connectivity index (χ4v) is 6.59. The first kappa shape index (κ1) is 28.8. The van der Waals surface area contributed by atoms with Gasteiger partial charge in [0.2, 0.25) is 0 Å². The van der Waals surface area contributed by atoms with Crippen molar-refractivity contribution in [2.24, 2.45) is 4.99 Å². The Labute approximate surface area is 245 Å². The molecule has 3 heterocycles. The van der Waals surface area contributed by atoms with Crippen LogP contribution in [0.25, 0.3) is 6.08 Å². The molecule has 12 heteroatoms. The van der Waals surface area contributed by atoms with E-state index in [-0.39, 0.29) is 17.9 Å². The van der Waals surface area contributed by atoms with Crippen molar-refractivity contribution in [3.05, 3.63) is 94.7 Å². The average Bonchev–Trinajstić information content (AvgIpc) is 3.26. The summed E-state index contributed by atoms with van der Waals surface area (Å²) in [5.74, 6) is -0.516. The van der Waals surface area contributed by atoms with E-state index >= 15 is 0 Å². The molecule has 41 heavy (non-hydrogen) atoms. The number of allylic oxidation sites excluding steroid dienone is 1. The number of hydrogen-bond acceptors (Lipinski definition) is 10. The number of nitrogens with zero attached hydrogens (tertiary/aromatic N) is 5. The van der Waals surface area contributed by atoms with E-state index in [1.54, 1.807) is 37.8 Å². The number of rotatable bonds is 7. The maximum Gasteiger partial charge on any atom is 0.338 e. The van der Waals surface area contributed by atoms with E-state index in [1.807, 2.05) is 30.5 Å². The molecule has 0 spiro atoms. The molecule has 1 atom stereocenters. The zero-order chi connectivity index (χ0) is 29.3. The van der Waals surface area contributed by atoms with E-state index in [9.17, 15) is 19.7 Å². The van der Waals surface area contributed by atoms with Gasteiger partial charge < -0.3 is 14.5 Å². The predicted molar refractivity (Wildman–Crippen MR) is 161 cm³/mol. The van der Waals surface area contributed by atoms with Crippen molar-refractivity contribution in [2.75, 3.05) is 51.0 Å². The van der Waals surface area contributed by atoms with Gasteiger partial charge in [0.15, 0.2) is 4.80 Å². The van der Waals surface area contributed by atoms with Crippen molar-refractivity contribution >= 4 is 46.5 Å². The maximum absolute atomic E-state index is 14.1. The first-order chi connectivity index (χ1) is 19.7. The number of thioether (sulfide) groups is 1. The fraction of sp³-hybridized carbons (Fsp3) is 0.345. The molecule has 2 aliphatic heterocycles. The first-order valence-electron chi connectivity index (χ1n) is 13.3. The number of aromatic nitrogens is 1. The maximum atomic E-state index is 14.1. The van der Waals surface area contributed by atoms with Crippen LogP contribution in [0.2, 0.25) is 0 Å². The van der Waals surface area contributed by atoms with Gasteiger partial charge in [-0.1, -0.05) is 23.5 Å². The molecule has 0 amide bonds. The highest BCUT2D eigenvalue weighted by Crippen LogP contribution is 2.32. The molecule has 1 unspecified atom stereocenters. The highest BCUT2D eigenvalue weighted by Gasteiger charge is 2.33. The lowest BCUT2D eigenvalue weighted by Crippen LogP contribution is -2.44. The number of likely N-dealkylation sites (N-methyl/N-ethyl adjacent to an activating group) is 1. The van der Waals surface area contributed by atoms with Crippen LogP contribution in [0.1, 0.15) is 31.0 Å². The van der Waals surface area contributed by atoms with Crippen LogP contribution in [0.15, 0.2) is 68.4 Å². The number of nitro groups is 1. The minimum absolute atomic E-state index is 0.0471. The molecule has 0 radical (unpaired) electrons. The van der Waals surface area contributed by atoms with Gasteiger partial charge in [0.05, 0.1) is 33.4 Å². The van der Waals surface area contributed by atoms with Crippen LogP contribution >= 0.6 is 23.1 Å².